The molecule has 0 amide bonds. The van der Waals surface area contributed by atoms with E-state index in [-0.39, 0.29) is 6.61 Å². The molecule has 1 aromatic rings. The molecule has 3 heteroatoms. The second-order valence-electron chi connectivity index (χ2n) is 2.40. The zero-order chi connectivity index (χ0) is 8.97. The SMILES string of the molecule is O=Cc1cc(C=O)cc(CO)c1. The van der Waals surface area contributed by atoms with Crippen LogP contribution in [-0.2, 0) is 6.61 Å². The van der Waals surface area contributed by atoms with Crippen LogP contribution < -0.4 is 0 Å². The van der Waals surface area contributed by atoms with Gasteiger partial charge in [-0.05, 0) is 23.8 Å². The third-order valence-corrected chi connectivity index (χ3v) is 1.49. The maximum Gasteiger partial charge on any atom is 0.150 e. The Balaban J connectivity index is 3.18. The molecular weight excluding hydrogens is 156 g/mol. The number of hydrogen-bond donors (Lipinski definition) is 1. The van der Waals surface area contributed by atoms with Gasteiger partial charge in [-0.1, -0.05) is 0 Å². The Morgan fingerprint density at radius 2 is 1.58 bits per heavy atom. The lowest BCUT2D eigenvalue weighted by molar-refractivity contribution is 0.112. The van der Waals surface area contributed by atoms with Crippen molar-refractivity contribution in [3.63, 3.8) is 0 Å². The molecule has 0 bridgehead atoms. The number of rotatable bonds is 3. The largest absolute Gasteiger partial charge is 0.392 e. The second-order valence-corrected chi connectivity index (χ2v) is 2.40. The van der Waals surface area contributed by atoms with Crippen LogP contribution in [0, 0.1) is 0 Å². The van der Waals surface area contributed by atoms with E-state index in [1.165, 1.54) is 6.07 Å². The number of carbonyl (C=O) groups excluding carboxylic acids is 2. The average Bonchev–Trinajstić information content (AvgIpc) is 2.16. The van der Waals surface area contributed by atoms with Crippen molar-refractivity contribution in [1.82, 2.24) is 0 Å². The van der Waals surface area contributed by atoms with E-state index in [4.69, 9.17) is 5.11 Å². The molecule has 1 N–H and O–H groups in total. The van der Waals surface area contributed by atoms with Crippen LogP contribution in [0.15, 0.2) is 18.2 Å². The lowest BCUT2D eigenvalue weighted by Crippen LogP contribution is -1.91. The molecule has 0 aliphatic rings. The third-order valence-electron chi connectivity index (χ3n) is 1.49. The van der Waals surface area contributed by atoms with Crippen LogP contribution in [0.4, 0.5) is 0 Å². The molecule has 0 saturated heterocycles. The van der Waals surface area contributed by atoms with Gasteiger partial charge in [0.25, 0.3) is 0 Å². The normalized spacial score (nSPS) is 9.42. The summed E-state index contributed by atoms with van der Waals surface area (Å²) in [7, 11) is 0. The summed E-state index contributed by atoms with van der Waals surface area (Å²) in [6.45, 7) is -0.164. The van der Waals surface area contributed by atoms with Gasteiger partial charge in [-0.15, -0.1) is 0 Å². The number of aldehydes is 2. The standard InChI is InChI=1S/C9H8O3/c10-4-7-1-8(5-11)3-9(2-7)6-12/h1-5,12H,6H2. The van der Waals surface area contributed by atoms with Crippen molar-refractivity contribution in [3.05, 3.63) is 34.9 Å². The van der Waals surface area contributed by atoms with Gasteiger partial charge < -0.3 is 5.11 Å². The van der Waals surface area contributed by atoms with Crippen LogP contribution in [-0.4, -0.2) is 17.7 Å². The molecule has 0 saturated carbocycles. The first-order valence-corrected chi connectivity index (χ1v) is 3.45. The quantitative estimate of drug-likeness (QED) is 0.672. The van der Waals surface area contributed by atoms with E-state index in [0.29, 0.717) is 29.3 Å². The zero-order valence-corrected chi connectivity index (χ0v) is 6.36. The van der Waals surface area contributed by atoms with Gasteiger partial charge in [0.05, 0.1) is 6.61 Å². The lowest BCUT2D eigenvalue weighted by Gasteiger charge is -1.98. The van der Waals surface area contributed by atoms with Gasteiger partial charge in [-0.3, -0.25) is 9.59 Å². The molecule has 0 aromatic heterocycles. The molecule has 0 spiro atoms. The molecule has 0 fully saturated rings. The molecule has 0 aliphatic carbocycles. The van der Waals surface area contributed by atoms with Crippen LogP contribution in [0.25, 0.3) is 0 Å². The van der Waals surface area contributed by atoms with Crippen LogP contribution in [0.3, 0.4) is 0 Å². The third kappa shape index (κ3) is 1.77. The van der Waals surface area contributed by atoms with Crippen molar-refractivity contribution in [1.29, 1.82) is 0 Å². The molecule has 12 heavy (non-hydrogen) atoms. The molecule has 0 radical (unpaired) electrons. The van der Waals surface area contributed by atoms with E-state index in [1.54, 1.807) is 12.1 Å². The number of aliphatic hydroxyl groups is 1. The highest BCUT2D eigenvalue weighted by Crippen LogP contribution is 2.07. The van der Waals surface area contributed by atoms with Gasteiger partial charge in [0, 0.05) is 11.1 Å². The first kappa shape index (κ1) is 8.62. The number of carbonyl (C=O) groups is 2. The molecular formula is C9H8O3. The predicted octanol–water partition coefficient (Wildman–Crippen LogP) is 0.804. The summed E-state index contributed by atoms with van der Waals surface area (Å²) in [6.07, 6.45) is 1.29. The average molecular weight is 164 g/mol. The molecule has 62 valence electrons. The lowest BCUT2D eigenvalue weighted by atomic mass is 10.1. The molecule has 0 atom stereocenters. The fourth-order valence-corrected chi connectivity index (χ4v) is 0.973. The summed E-state index contributed by atoms with van der Waals surface area (Å²) >= 11 is 0. The van der Waals surface area contributed by atoms with Crippen molar-refractivity contribution in [2.75, 3.05) is 0 Å². The fourth-order valence-electron chi connectivity index (χ4n) is 0.973. The van der Waals surface area contributed by atoms with Gasteiger partial charge in [0.15, 0.2) is 0 Å². The Morgan fingerprint density at radius 3 is 1.92 bits per heavy atom. The first-order valence-electron chi connectivity index (χ1n) is 3.45. The Morgan fingerprint density at radius 1 is 1.08 bits per heavy atom. The topological polar surface area (TPSA) is 54.4 Å². The predicted molar refractivity (Wildman–Crippen MR) is 43.1 cm³/mol. The number of hydrogen-bond acceptors (Lipinski definition) is 3. The zero-order valence-electron chi connectivity index (χ0n) is 6.36. The van der Waals surface area contributed by atoms with Gasteiger partial charge >= 0.3 is 0 Å². The van der Waals surface area contributed by atoms with Crippen molar-refractivity contribution in [2.45, 2.75) is 6.61 Å². The summed E-state index contributed by atoms with van der Waals surface area (Å²) in [5.41, 5.74) is 1.38. The van der Waals surface area contributed by atoms with Crippen molar-refractivity contribution >= 4 is 12.6 Å². The first-order chi connectivity index (χ1) is 5.80. The molecule has 1 aromatic carbocycles. The summed E-state index contributed by atoms with van der Waals surface area (Å²) in [4.78, 5) is 20.7. The van der Waals surface area contributed by atoms with E-state index in [1.807, 2.05) is 0 Å². The monoisotopic (exact) mass is 164 g/mol. The Hall–Kier alpha value is -1.48. The van der Waals surface area contributed by atoms with Crippen molar-refractivity contribution < 1.29 is 14.7 Å². The highest BCUT2D eigenvalue weighted by Gasteiger charge is 1.98. The van der Waals surface area contributed by atoms with E-state index in [0.717, 1.165) is 0 Å². The maximum absolute atomic E-state index is 10.3. The smallest absolute Gasteiger partial charge is 0.150 e. The minimum Gasteiger partial charge on any atom is -0.392 e. The number of benzene rings is 1. The number of aliphatic hydroxyl groups excluding tert-OH is 1. The van der Waals surface area contributed by atoms with E-state index >= 15 is 0 Å². The Kier molecular flexibility index (Phi) is 2.71. The fraction of sp³-hybridized carbons (Fsp3) is 0.111. The van der Waals surface area contributed by atoms with Gasteiger partial charge in [0.1, 0.15) is 12.6 Å². The van der Waals surface area contributed by atoms with Crippen LogP contribution in [0.5, 0.6) is 0 Å². The highest BCUT2D eigenvalue weighted by atomic mass is 16.3. The second kappa shape index (κ2) is 3.78. The minimum atomic E-state index is -0.164. The van der Waals surface area contributed by atoms with Crippen LogP contribution in [0.2, 0.25) is 0 Å². The van der Waals surface area contributed by atoms with Gasteiger partial charge in [-0.25, -0.2) is 0 Å². The van der Waals surface area contributed by atoms with E-state index in [2.05, 4.69) is 0 Å². The molecule has 1 rings (SSSR count). The van der Waals surface area contributed by atoms with Crippen LogP contribution in [0.1, 0.15) is 26.3 Å². The van der Waals surface area contributed by atoms with Crippen LogP contribution >= 0.6 is 0 Å². The molecule has 0 heterocycles. The molecule has 3 nitrogen and oxygen atoms in total. The minimum absolute atomic E-state index is 0.164. The highest BCUT2D eigenvalue weighted by molar-refractivity contribution is 5.82. The summed E-state index contributed by atoms with van der Waals surface area (Å²) in [5.74, 6) is 0. The van der Waals surface area contributed by atoms with Crippen molar-refractivity contribution in [2.24, 2.45) is 0 Å². The van der Waals surface area contributed by atoms with E-state index < -0.39 is 0 Å². The van der Waals surface area contributed by atoms with Gasteiger partial charge in [-0.2, -0.15) is 0 Å². The summed E-state index contributed by atoms with van der Waals surface area (Å²) in [6, 6.07) is 4.55. The van der Waals surface area contributed by atoms with E-state index in [9.17, 15) is 9.59 Å². The Bertz CT molecular complexity index is 278. The maximum atomic E-state index is 10.3. The van der Waals surface area contributed by atoms with Gasteiger partial charge in [0.2, 0.25) is 0 Å². The molecule has 0 aliphatic heterocycles. The summed E-state index contributed by atoms with van der Waals surface area (Å²) in [5, 5.41) is 8.75. The molecule has 0 unspecified atom stereocenters. The summed E-state index contributed by atoms with van der Waals surface area (Å²) < 4.78 is 0. The van der Waals surface area contributed by atoms with Crippen molar-refractivity contribution in [3.8, 4) is 0 Å². The Labute approximate surface area is 69.6 Å².